The van der Waals surface area contributed by atoms with Gasteiger partial charge < -0.3 is 19.0 Å². The van der Waals surface area contributed by atoms with Gasteiger partial charge in [-0.15, -0.1) is 0 Å². The Kier molecular flexibility index (Phi) is 3.54. The van der Waals surface area contributed by atoms with Crippen molar-refractivity contribution >= 4 is 6.29 Å². The smallest absolute Gasteiger partial charge is 0.151 e. The maximum absolute atomic E-state index is 9.95. The summed E-state index contributed by atoms with van der Waals surface area (Å²) in [5.74, 6) is 1.03. The first-order chi connectivity index (χ1) is 7.85. The summed E-state index contributed by atoms with van der Waals surface area (Å²) in [7, 11) is 1.70. The summed E-state index contributed by atoms with van der Waals surface area (Å²) in [6.07, 6.45) is 0.447. The number of benzene rings is 1. The molecule has 1 heterocycles. The molecule has 0 radical (unpaired) electrons. The molecule has 0 bridgehead atoms. The monoisotopic (exact) mass is 222 g/mol. The van der Waals surface area contributed by atoms with Crippen LogP contribution in [0.25, 0.3) is 0 Å². The maximum atomic E-state index is 9.95. The van der Waals surface area contributed by atoms with Gasteiger partial charge in [0.15, 0.2) is 6.29 Å². The van der Waals surface area contributed by atoms with Gasteiger partial charge in [0.1, 0.15) is 11.9 Å². The minimum atomic E-state index is -0.316. The lowest BCUT2D eigenvalue weighted by Gasteiger charge is -2.17. The molecule has 3 aliphatic rings. The Morgan fingerprint density at radius 3 is 2.56 bits per heavy atom. The van der Waals surface area contributed by atoms with Crippen LogP contribution < -0.4 is 4.74 Å². The SMILES string of the molecule is COc1cc2ccc1=2.O=CC1COCCO1. The molecule has 4 heteroatoms. The molecule has 0 aromatic heterocycles. The molecule has 86 valence electrons. The van der Waals surface area contributed by atoms with Crippen molar-refractivity contribution < 1.29 is 19.0 Å². The predicted molar refractivity (Wildman–Crippen MR) is 57.3 cm³/mol. The van der Waals surface area contributed by atoms with Crippen LogP contribution in [0.1, 0.15) is 0 Å². The first-order valence-electron chi connectivity index (χ1n) is 5.18. The van der Waals surface area contributed by atoms with Crippen LogP contribution in [0, 0.1) is 10.4 Å². The molecule has 2 aliphatic carbocycles. The van der Waals surface area contributed by atoms with Gasteiger partial charge in [-0.1, -0.05) is 12.1 Å². The van der Waals surface area contributed by atoms with Gasteiger partial charge in [-0.05, 0) is 11.3 Å². The van der Waals surface area contributed by atoms with Gasteiger partial charge in [-0.3, -0.25) is 0 Å². The minimum absolute atomic E-state index is 0.316. The molecule has 1 saturated heterocycles. The average molecular weight is 222 g/mol. The van der Waals surface area contributed by atoms with E-state index < -0.39 is 0 Å². The van der Waals surface area contributed by atoms with Crippen molar-refractivity contribution in [3.05, 3.63) is 28.6 Å². The third-order valence-electron chi connectivity index (χ3n) is 2.51. The van der Waals surface area contributed by atoms with E-state index in [2.05, 4.69) is 12.1 Å². The minimum Gasteiger partial charge on any atom is -0.496 e. The number of carbonyl (C=O) groups is 1. The van der Waals surface area contributed by atoms with Gasteiger partial charge in [0.05, 0.1) is 26.9 Å². The Bertz CT molecular complexity index is 449. The van der Waals surface area contributed by atoms with Crippen LogP contribution in [0.3, 0.4) is 0 Å². The number of ether oxygens (including phenoxy) is 3. The van der Waals surface area contributed by atoms with Gasteiger partial charge in [0, 0.05) is 5.22 Å². The topological polar surface area (TPSA) is 44.8 Å². The van der Waals surface area contributed by atoms with E-state index >= 15 is 0 Å². The zero-order chi connectivity index (χ0) is 11.4. The normalized spacial score (nSPS) is 20.4. The third kappa shape index (κ3) is 2.23. The van der Waals surface area contributed by atoms with Crippen molar-refractivity contribution in [1.29, 1.82) is 0 Å². The summed E-state index contributed by atoms with van der Waals surface area (Å²) in [5, 5.41) is 2.62. The second-order valence-electron chi connectivity index (χ2n) is 3.54. The zero-order valence-corrected chi connectivity index (χ0v) is 9.14. The maximum Gasteiger partial charge on any atom is 0.151 e. The van der Waals surface area contributed by atoms with Crippen LogP contribution in [0.2, 0.25) is 0 Å². The molecule has 1 aliphatic heterocycles. The van der Waals surface area contributed by atoms with E-state index in [0.717, 1.165) is 12.0 Å². The Balaban J connectivity index is 0.000000120. The predicted octanol–water partition coefficient (Wildman–Crippen LogP) is 0.896. The van der Waals surface area contributed by atoms with Crippen molar-refractivity contribution in [3.8, 4) is 5.75 Å². The van der Waals surface area contributed by atoms with Gasteiger partial charge in [0.25, 0.3) is 0 Å². The van der Waals surface area contributed by atoms with E-state index in [1.54, 1.807) is 7.11 Å². The molecule has 4 nitrogen and oxygen atoms in total. The highest BCUT2D eigenvalue weighted by molar-refractivity contribution is 5.56. The quantitative estimate of drug-likeness (QED) is 0.708. The summed E-state index contributed by atoms with van der Waals surface area (Å²) in [4.78, 5) is 9.95. The van der Waals surface area contributed by atoms with Crippen molar-refractivity contribution in [2.75, 3.05) is 26.9 Å². The summed E-state index contributed by atoms with van der Waals surface area (Å²) in [5.41, 5.74) is 0. The Hall–Kier alpha value is -1.39. The Labute approximate surface area is 93.4 Å². The molecule has 0 N–H and O–H groups in total. The summed E-state index contributed by atoms with van der Waals surface area (Å²) in [6, 6.07) is 6.18. The first-order valence-corrected chi connectivity index (χ1v) is 5.18. The number of methoxy groups -OCH3 is 1. The molecule has 0 aromatic rings. The molecule has 1 unspecified atom stereocenters. The number of hydrogen-bond acceptors (Lipinski definition) is 4. The van der Waals surface area contributed by atoms with E-state index in [0.29, 0.717) is 19.8 Å². The third-order valence-corrected chi connectivity index (χ3v) is 2.51. The molecule has 1 atom stereocenters. The highest BCUT2D eigenvalue weighted by atomic mass is 16.6. The van der Waals surface area contributed by atoms with Gasteiger partial charge in [-0.25, -0.2) is 0 Å². The number of carbonyl (C=O) groups excluding carboxylic acids is 1. The Morgan fingerprint density at radius 2 is 2.31 bits per heavy atom. The van der Waals surface area contributed by atoms with Crippen LogP contribution in [-0.4, -0.2) is 39.3 Å². The second-order valence-corrected chi connectivity index (χ2v) is 3.54. The van der Waals surface area contributed by atoms with E-state index in [-0.39, 0.29) is 6.10 Å². The van der Waals surface area contributed by atoms with E-state index in [9.17, 15) is 4.79 Å². The van der Waals surface area contributed by atoms with Crippen molar-refractivity contribution in [2.24, 2.45) is 0 Å². The highest BCUT2D eigenvalue weighted by Gasteiger charge is 2.11. The molecule has 0 amide bonds. The van der Waals surface area contributed by atoms with E-state index in [4.69, 9.17) is 14.2 Å². The number of rotatable bonds is 2. The lowest BCUT2D eigenvalue weighted by Crippen LogP contribution is -2.29. The van der Waals surface area contributed by atoms with Crippen LogP contribution in [0.15, 0.2) is 18.2 Å². The van der Waals surface area contributed by atoms with Gasteiger partial charge in [-0.2, -0.15) is 0 Å². The second kappa shape index (κ2) is 5.09. The van der Waals surface area contributed by atoms with Crippen LogP contribution in [-0.2, 0) is 14.3 Å². The molecule has 16 heavy (non-hydrogen) atoms. The molecule has 1 fully saturated rings. The van der Waals surface area contributed by atoms with Crippen molar-refractivity contribution in [1.82, 2.24) is 0 Å². The molecular formula is C12H14O4. The largest absolute Gasteiger partial charge is 0.496 e. The average Bonchev–Trinajstić information content (AvgIpc) is 2.34. The molecule has 0 saturated carbocycles. The van der Waals surface area contributed by atoms with Crippen molar-refractivity contribution in [2.45, 2.75) is 6.10 Å². The molecule has 3 rings (SSSR count). The summed E-state index contributed by atoms with van der Waals surface area (Å²) >= 11 is 0. The van der Waals surface area contributed by atoms with Crippen LogP contribution >= 0.6 is 0 Å². The zero-order valence-electron chi connectivity index (χ0n) is 9.14. The fourth-order valence-electron chi connectivity index (χ4n) is 1.51. The Morgan fingerprint density at radius 1 is 1.44 bits per heavy atom. The van der Waals surface area contributed by atoms with Crippen LogP contribution in [0.4, 0.5) is 0 Å². The fraction of sp³-hybridized carbons (Fsp3) is 0.417. The van der Waals surface area contributed by atoms with E-state index in [1.807, 2.05) is 6.07 Å². The lowest BCUT2D eigenvalue weighted by atomic mass is 10.1. The number of aldehydes is 1. The van der Waals surface area contributed by atoms with Crippen molar-refractivity contribution in [3.63, 3.8) is 0 Å². The summed E-state index contributed by atoms with van der Waals surface area (Å²) in [6.45, 7) is 1.58. The molecular weight excluding hydrogens is 208 g/mol. The van der Waals surface area contributed by atoms with E-state index in [1.165, 1.54) is 10.4 Å². The van der Waals surface area contributed by atoms with Gasteiger partial charge >= 0.3 is 0 Å². The highest BCUT2D eigenvalue weighted by Crippen LogP contribution is 2.22. The molecule has 0 spiro atoms. The standard InChI is InChI=1S/C7H6O.C5H8O3/c1-8-7-4-5-2-3-6(5)7;6-3-5-4-7-1-2-8-5/h2-4H,1H3;3,5H,1-2,4H2. The molecule has 0 aromatic carbocycles. The lowest BCUT2D eigenvalue weighted by molar-refractivity contribution is -0.133. The van der Waals surface area contributed by atoms with Gasteiger partial charge in [0.2, 0.25) is 0 Å². The van der Waals surface area contributed by atoms with Crippen LogP contribution in [0.5, 0.6) is 5.75 Å². The fourth-order valence-corrected chi connectivity index (χ4v) is 1.51. The summed E-state index contributed by atoms with van der Waals surface area (Å²) < 4.78 is 14.8. The first kappa shape index (κ1) is 11.1. The number of hydrogen-bond donors (Lipinski definition) is 0.